The fourth-order valence-electron chi connectivity index (χ4n) is 3.70. The van der Waals surface area contributed by atoms with Crippen molar-refractivity contribution in [2.75, 3.05) is 19.6 Å². The number of carbonyl (C=O) groups is 1. The molecule has 5 rings (SSSR count). The minimum Gasteiger partial charge on any atom is -0.447 e. The van der Waals surface area contributed by atoms with E-state index in [4.69, 9.17) is 9.88 Å². The third-order valence-corrected chi connectivity index (χ3v) is 7.00. The van der Waals surface area contributed by atoms with Gasteiger partial charge in [0.25, 0.3) is 5.91 Å². The molecule has 0 spiro atoms. The summed E-state index contributed by atoms with van der Waals surface area (Å²) in [6.07, 6.45) is 2.29. The monoisotopic (exact) mass is 407 g/mol. The lowest BCUT2D eigenvalue weighted by molar-refractivity contribution is 0.0622. The van der Waals surface area contributed by atoms with E-state index < -0.39 is 10.0 Å². The molecule has 3 fully saturated rings. The van der Waals surface area contributed by atoms with Gasteiger partial charge in [-0.3, -0.25) is 4.79 Å². The number of hydrogen-bond donors (Lipinski definition) is 2. The van der Waals surface area contributed by atoms with E-state index in [1.165, 1.54) is 23.5 Å². The van der Waals surface area contributed by atoms with Gasteiger partial charge in [-0.15, -0.1) is 0 Å². The molecule has 4 heterocycles. The first kappa shape index (κ1) is 18.4. The maximum atomic E-state index is 12.6. The lowest BCUT2D eigenvalue weighted by atomic mass is 9.84. The molecule has 0 radical (unpaired) electrons. The average molecular weight is 408 g/mol. The first-order valence-electron chi connectivity index (χ1n) is 8.82. The SMILES string of the molecule is NS(=O)(=O)c1cccc(Oc2ccc(C(=O)NC3CN4CCC3CC4)s2)c1. The van der Waals surface area contributed by atoms with Crippen molar-refractivity contribution in [3.05, 3.63) is 41.3 Å². The summed E-state index contributed by atoms with van der Waals surface area (Å²) >= 11 is 1.23. The molecule has 0 aliphatic carbocycles. The van der Waals surface area contributed by atoms with E-state index in [9.17, 15) is 13.2 Å². The molecule has 3 saturated heterocycles. The summed E-state index contributed by atoms with van der Waals surface area (Å²) in [7, 11) is -3.79. The molecule has 3 aliphatic heterocycles. The number of fused-ring (bicyclic) bond motifs is 3. The summed E-state index contributed by atoms with van der Waals surface area (Å²) in [6, 6.07) is 9.61. The fourth-order valence-corrected chi connectivity index (χ4v) is 5.02. The predicted molar refractivity (Wildman–Crippen MR) is 103 cm³/mol. The average Bonchev–Trinajstić information content (AvgIpc) is 3.11. The first-order chi connectivity index (χ1) is 12.9. The standard InChI is InChI=1S/C18H21N3O4S2/c19-27(23,24)14-3-1-2-13(10-14)25-17-5-4-16(26-17)18(22)20-15-11-21-8-6-12(15)7-9-21/h1-5,10,12,15H,6-9,11H2,(H,20,22)(H2,19,23,24). The molecule has 1 unspecified atom stereocenters. The van der Waals surface area contributed by atoms with Crippen LogP contribution in [0.1, 0.15) is 22.5 Å². The van der Waals surface area contributed by atoms with Gasteiger partial charge in [0, 0.05) is 18.7 Å². The van der Waals surface area contributed by atoms with E-state index in [0.29, 0.717) is 21.6 Å². The van der Waals surface area contributed by atoms with Crippen LogP contribution in [0.4, 0.5) is 0 Å². The molecule has 3 N–H and O–H groups in total. The number of primary sulfonamides is 1. The summed E-state index contributed by atoms with van der Waals surface area (Å²) in [5.74, 6) is 0.829. The van der Waals surface area contributed by atoms with E-state index in [1.54, 1.807) is 24.3 Å². The molecule has 2 bridgehead atoms. The second kappa shape index (κ2) is 7.23. The summed E-state index contributed by atoms with van der Waals surface area (Å²) < 4.78 is 28.6. The van der Waals surface area contributed by atoms with Crippen LogP contribution < -0.4 is 15.2 Å². The lowest BCUT2D eigenvalue weighted by Gasteiger charge is -2.44. The van der Waals surface area contributed by atoms with E-state index >= 15 is 0 Å². The van der Waals surface area contributed by atoms with Gasteiger partial charge in [-0.25, -0.2) is 13.6 Å². The third kappa shape index (κ3) is 4.16. The molecule has 1 atom stereocenters. The van der Waals surface area contributed by atoms with Crippen LogP contribution in [0.2, 0.25) is 0 Å². The highest BCUT2D eigenvalue weighted by molar-refractivity contribution is 7.89. The Labute approximate surface area is 162 Å². The molecular weight excluding hydrogens is 386 g/mol. The van der Waals surface area contributed by atoms with E-state index in [0.717, 1.165) is 32.5 Å². The number of sulfonamides is 1. The van der Waals surface area contributed by atoms with Crippen LogP contribution in [-0.2, 0) is 10.0 Å². The summed E-state index contributed by atoms with van der Waals surface area (Å²) in [4.78, 5) is 15.5. The highest BCUT2D eigenvalue weighted by Gasteiger charge is 2.35. The number of hydrogen-bond acceptors (Lipinski definition) is 6. The summed E-state index contributed by atoms with van der Waals surface area (Å²) in [6.45, 7) is 3.18. The Balaban J connectivity index is 1.42. The van der Waals surface area contributed by atoms with Gasteiger partial charge in [0.1, 0.15) is 5.75 Å². The van der Waals surface area contributed by atoms with Crippen LogP contribution in [0.5, 0.6) is 10.8 Å². The number of carbonyl (C=O) groups excluding carboxylic acids is 1. The molecule has 2 aromatic rings. The van der Waals surface area contributed by atoms with Gasteiger partial charge >= 0.3 is 0 Å². The Bertz CT molecular complexity index is 949. The number of amides is 1. The summed E-state index contributed by atoms with van der Waals surface area (Å²) in [5.41, 5.74) is 0. The number of benzene rings is 1. The molecular formula is C18H21N3O4S2. The van der Waals surface area contributed by atoms with Crippen LogP contribution in [0, 0.1) is 5.92 Å². The highest BCUT2D eigenvalue weighted by atomic mass is 32.2. The van der Waals surface area contributed by atoms with Crippen LogP contribution in [0.25, 0.3) is 0 Å². The minimum atomic E-state index is -3.79. The molecule has 3 aliphatic rings. The Morgan fingerprint density at radius 1 is 1.22 bits per heavy atom. The molecule has 7 nitrogen and oxygen atoms in total. The quantitative estimate of drug-likeness (QED) is 0.789. The molecule has 1 aromatic heterocycles. The number of nitrogens with zero attached hydrogens (tertiary/aromatic N) is 1. The number of ether oxygens (including phenoxy) is 1. The zero-order valence-electron chi connectivity index (χ0n) is 14.6. The zero-order valence-corrected chi connectivity index (χ0v) is 16.3. The number of thiophene rings is 1. The Hall–Kier alpha value is -1.94. The van der Waals surface area contributed by atoms with Crippen LogP contribution in [0.3, 0.4) is 0 Å². The van der Waals surface area contributed by atoms with Crippen LogP contribution in [0.15, 0.2) is 41.3 Å². The Kier molecular flexibility index (Phi) is 4.94. The Morgan fingerprint density at radius 2 is 2.00 bits per heavy atom. The molecule has 144 valence electrons. The van der Waals surface area contributed by atoms with Crippen molar-refractivity contribution in [3.63, 3.8) is 0 Å². The molecule has 1 amide bonds. The van der Waals surface area contributed by atoms with Gasteiger partial charge in [0.05, 0.1) is 9.77 Å². The number of nitrogens with one attached hydrogen (secondary N) is 1. The normalized spacial score (nSPS) is 24.6. The van der Waals surface area contributed by atoms with Crippen molar-refractivity contribution >= 4 is 27.3 Å². The number of nitrogens with two attached hydrogens (primary N) is 1. The van der Waals surface area contributed by atoms with Crippen molar-refractivity contribution in [1.29, 1.82) is 0 Å². The second-order valence-electron chi connectivity index (χ2n) is 6.96. The topological polar surface area (TPSA) is 102 Å². The fraction of sp³-hybridized carbons (Fsp3) is 0.389. The lowest BCUT2D eigenvalue weighted by Crippen LogP contribution is -2.57. The van der Waals surface area contributed by atoms with Gasteiger partial charge in [0.15, 0.2) is 5.06 Å². The molecule has 27 heavy (non-hydrogen) atoms. The number of rotatable bonds is 5. The first-order valence-corrected chi connectivity index (χ1v) is 11.2. The van der Waals surface area contributed by atoms with Gasteiger partial charge in [-0.1, -0.05) is 17.4 Å². The van der Waals surface area contributed by atoms with Crippen LogP contribution in [-0.4, -0.2) is 44.9 Å². The third-order valence-electron chi connectivity index (χ3n) is 5.13. The van der Waals surface area contributed by atoms with Crippen molar-refractivity contribution < 1.29 is 17.9 Å². The maximum absolute atomic E-state index is 12.6. The van der Waals surface area contributed by atoms with Gasteiger partial charge in [-0.05, 0) is 56.1 Å². The van der Waals surface area contributed by atoms with Gasteiger partial charge < -0.3 is 15.0 Å². The Morgan fingerprint density at radius 3 is 2.67 bits per heavy atom. The maximum Gasteiger partial charge on any atom is 0.261 e. The van der Waals surface area contributed by atoms with E-state index in [1.807, 2.05) is 0 Å². The summed E-state index contributed by atoms with van der Waals surface area (Å²) in [5, 5.41) is 8.81. The van der Waals surface area contributed by atoms with E-state index in [2.05, 4.69) is 10.2 Å². The zero-order chi connectivity index (χ0) is 19.0. The second-order valence-corrected chi connectivity index (χ2v) is 9.57. The molecule has 0 saturated carbocycles. The van der Waals surface area contributed by atoms with E-state index in [-0.39, 0.29) is 16.8 Å². The largest absolute Gasteiger partial charge is 0.447 e. The molecule has 9 heteroatoms. The van der Waals surface area contributed by atoms with Crippen molar-refractivity contribution in [1.82, 2.24) is 10.2 Å². The van der Waals surface area contributed by atoms with Crippen molar-refractivity contribution in [2.45, 2.75) is 23.8 Å². The van der Waals surface area contributed by atoms with Crippen molar-refractivity contribution in [3.8, 4) is 10.8 Å². The van der Waals surface area contributed by atoms with Crippen molar-refractivity contribution in [2.24, 2.45) is 11.1 Å². The van der Waals surface area contributed by atoms with Gasteiger partial charge in [-0.2, -0.15) is 0 Å². The van der Waals surface area contributed by atoms with Gasteiger partial charge in [0.2, 0.25) is 10.0 Å². The highest BCUT2D eigenvalue weighted by Crippen LogP contribution is 2.31. The predicted octanol–water partition coefficient (Wildman–Crippen LogP) is 2.01. The molecule has 1 aromatic carbocycles. The minimum absolute atomic E-state index is 0.0168. The smallest absolute Gasteiger partial charge is 0.261 e. The number of piperidine rings is 3. The van der Waals surface area contributed by atoms with Crippen LogP contribution >= 0.6 is 11.3 Å².